The maximum Gasteiger partial charge on any atom is 0.338 e. The summed E-state index contributed by atoms with van der Waals surface area (Å²) in [5.74, 6) is -0.662. The molecular formula is C48H62N2O6. The van der Waals surface area contributed by atoms with Gasteiger partial charge in [0.15, 0.2) is 0 Å². The largest absolute Gasteiger partial charge is 0.459 e. The van der Waals surface area contributed by atoms with Crippen LogP contribution >= 0.6 is 0 Å². The predicted molar refractivity (Wildman–Crippen MR) is 222 cm³/mol. The molecule has 300 valence electrons. The number of ether oxygens (including phenoxy) is 2. The van der Waals surface area contributed by atoms with E-state index in [0.29, 0.717) is 11.1 Å². The van der Waals surface area contributed by atoms with Crippen molar-refractivity contribution in [2.75, 3.05) is 13.2 Å². The molecule has 0 bridgehead atoms. The van der Waals surface area contributed by atoms with Gasteiger partial charge in [-0.05, 0) is 129 Å². The second-order valence-corrected chi connectivity index (χ2v) is 17.5. The molecule has 0 amide bonds. The zero-order valence-corrected chi connectivity index (χ0v) is 34.7. The van der Waals surface area contributed by atoms with Crippen molar-refractivity contribution in [1.29, 1.82) is 0 Å². The summed E-state index contributed by atoms with van der Waals surface area (Å²) in [4.78, 5) is 38.0. The summed E-state index contributed by atoms with van der Waals surface area (Å²) in [5, 5.41) is 4.25. The number of hydrogen-bond acceptors (Lipinski definition) is 8. The summed E-state index contributed by atoms with van der Waals surface area (Å²) in [7, 11) is 0. The van der Waals surface area contributed by atoms with E-state index in [-0.39, 0.29) is 59.5 Å². The van der Waals surface area contributed by atoms with Gasteiger partial charge < -0.3 is 9.47 Å². The van der Waals surface area contributed by atoms with Crippen LogP contribution in [0.3, 0.4) is 0 Å². The Kier molecular flexibility index (Phi) is 14.3. The zero-order chi connectivity index (χ0) is 40.4. The van der Waals surface area contributed by atoms with Crippen molar-refractivity contribution in [3.63, 3.8) is 0 Å². The molecule has 2 fully saturated rings. The lowest BCUT2D eigenvalue weighted by Gasteiger charge is -2.52. The number of esters is 2. The lowest BCUT2D eigenvalue weighted by molar-refractivity contribution is -0.311. The summed E-state index contributed by atoms with van der Waals surface area (Å²) in [5.41, 5.74) is 2.76. The first-order valence-corrected chi connectivity index (χ1v) is 20.1. The Morgan fingerprint density at radius 3 is 1.02 bits per heavy atom. The smallest absolute Gasteiger partial charge is 0.338 e. The van der Waals surface area contributed by atoms with Crippen LogP contribution in [0.25, 0.3) is 0 Å². The van der Waals surface area contributed by atoms with Crippen LogP contribution in [0.2, 0.25) is 0 Å². The Labute approximate surface area is 335 Å². The van der Waals surface area contributed by atoms with E-state index in [1.165, 1.54) is 12.8 Å². The molecule has 2 aliphatic heterocycles. The number of carbonyl (C=O) groups excluding carboxylic acids is 2. The molecule has 2 heterocycles. The summed E-state index contributed by atoms with van der Waals surface area (Å²) < 4.78 is 11.3. The molecule has 2 aliphatic rings. The van der Waals surface area contributed by atoms with Crippen molar-refractivity contribution in [2.45, 2.75) is 128 Å². The van der Waals surface area contributed by atoms with Crippen LogP contribution in [-0.2, 0) is 19.1 Å². The second-order valence-electron chi connectivity index (χ2n) is 17.5. The molecule has 8 nitrogen and oxygen atoms in total. The lowest BCUT2D eigenvalue weighted by Crippen LogP contribution is -2.58. The maximum atomic E-state index is 12.4. The Morgan fingerprint density at radius 1 is 0.464 bits per heavy atom. The highest BCUT2D eigenvalue weighted by Gasteiger charge is 2.45. The molecule has 4 aromatic rings. The Hall–Kier alpha value is -4.34. The summed E-state index contributed by atoms with van der Waals surface area (Å²) in [6.07, 6.45) is 5.93. The van der Waals surface area contributed by atoms with Gasteiger partial charge in [0.25, 0.3) is 0 Å². The fraction of sp³-hybridized carbons (Fsp3) is 0.458. The van der Waals surface area contributed by atoms with Gasteiger partial charge in [-0.1, -0.05) is 97.1 Å². The number of piperidine rings is 2. The van der Waals surface area contributed by atoms with Crippen LogP contribution in [-0.4, -0.2) is 57.4 Å². The molecular weight excluding hydrogens is 701 g/mol. The van der Waals surface area contributed by atoms with E-state index in [1.807, 2.05) is 97.1 Å². The zero-order valence-electron chi connectivity index (χ0n) is 34.7. The van der Waals surface area contributed by atoms with Gasteiger partial charge in [0.1, 0.15) is 25.4 Å². The van der Waals surface area contributed by atoms with Gasteiger partial charge in [-0.15, -0.1) is 0 Å². The number of nitrogens with zero attached hydrogens (tertiary/aromatic N) is 2. The fourth-order valence-electron chi connectivity index (χ4n) is 8.11. The predicted octanol–water partition coefficient (Wildman–Crippen LogP) is 11.1. The van der Waals surface area contributed by atoms with Crippen molar-refractivity contribution in [2.24, 2.45) is 0 Å². The summed E-state index contributed by atoms with van der Waals surface area (Å²) >= 11 is 0. The highest BCUT2D eigenvalue weighted by molar-refractivity contribution is 5.89. The van der Waals surface area contributed by atoms with Gasteiger partial charge in [0.05, 0.1) is 11.1 Å². The molecule has 2 atom stereocenters. The van der Waals surface area contributed by atoms with E-state index in [0.717, 1.165) is 36.8 Å². The van der Waals surface area contributed by atoms with Crippen molar-refractivity contribution in [1.82, 2.24) is 10.1 Å². The Bertz CT molecular complexity index is 1640. The van der Waals surface area contributed by atoms with Gasteiger partial charge >= 0.3 is 11.9 Å². The molecule has 56 heavy (non-hydrogen) atoms. The van der Waals surface area contributed by atoms with E-state index in [4.69, 9.17) is 19.1 Å². The van der Waals surface area contributed by atoms with E-state index in [2.05, 4.69) is 65.5 Å². The molecule has 0 spiro atoms. The molecule has 8 heteroatoms. The number of hydrogen-bond donors (Lipinski definition) is 0. The molecule has 0 saturated carbocycles. The van der Waals surface area contributed by atoms with Gasteiger partial charge in [0.2, 0.25) is 0 Å². The third kappa shape index (κ3) is 11.4. The molecule has 6 rings (SSSR count). The van der Waals surface area contributed by atoms with Crippen molar-refractivity contribution >= 4 is 11.9 Å². The van der Waals surface area contributed by atoms with Crippen molar-refractivity contribution in [3.8, 4) is 0 Å². The minimum atomic E-state index is -0.356. The average Bonchev–Trinajstić information content (AvgIpc) is 3.18. The number of benzene rings is 4. The van der Waals surface area contributed by atoms with Gasteiger partial charge in [0, 0.05) is 22.2 Å². The van der Waals surface area contributed by atoms with Crippen LogP contribution in [0.1, 0.15) is 138 Å². The van der Waals surface area contributed by atoms with Gasteiger partial charge in [-0.2, -0.15) is 10.1 Å². The van der Waals surface area contributed by atoms with Crippen LogP contribution in [0, 0.1) is 0 Å². The minimum Gasteiger partial charge on any atom is -0.459 e. The number of carbonyl (C=O) groups is 2. The van der Waals surface area contributed by atoms with Gasteiger partial charge in [-0.25, -0.2) is 9.59 Å². The normalized spacial score (nSPS) is 19.7. The molecule has 0 N–H and O–H groups in total. The number of rotatable bonds is 12. The Balaban J connectivity index is 0.000000214. The molecule has 4 aromatic carbocycles. The van der Waals surface area contributed by atoms with Crippen molar-refractivity contribution in [3.05, 3.63) is 144 Å². The molecule has 0 radical (unpaired) electrons. The van der Waals surface area contributed by atoms with Gasteiger partial charge in [-0.3, -0.25) is 9.68 Å². The summed E-state index contributed by atoms with van der Waals surface area (Å²) in [6, 6.07) is 38.1. The summed E-state index contributed by atoms with van der Waals surface area (Å²) in [6.45, 7) is 18.0. The lowest BCUT2D eigenvalue weighted by atomic mass is 9.82. The second kappa shape index (κ2) is 18.7. The van der Waals surface area contributed by atoms with E-state index < -0.39 is 0 Å². The van der Waals surface area contributed by atoms with E-state index in [1.54, 1.807) is 24.3 Å². The first-order chi connectivity index (χ1) is 26.6. The molecule has 0 unspecified atom stereocenters. The van der Waals surface area contributed by atoms with Crippen LogP contribution in [0.5, 0.6) is 0 Å². The minimum absolute atomic E-state index is 0.0851. The standard InChI is InChI=1S/2C24H31NO3/c2*1-23(2)16-11-17-24(3,4)25(23)28-21(19-12-7-5-8-13-19)18-27-22(26)20-14-9-6-10-15-20/h2*5-10,12-15,21H,11,16-18H2,1-4H3/t2*21-/m11/s1. The Morgan fingerprint density at radius 2 is 0.732 bits per heavy atom. The highest BCUT2D eigenvalue weighted by Crippen LogP contribution is 2.42. The van der Waals surface area contributed by atoms with E-state index >= 15 is 0 Å². The average molecular weight is 763 g/mol. The molecule has 0 aromatic heterocycles. The van der Waals surface area contributed by atoms with E-state index in [9.17, 15) is 9.59 Å². The third-order valence-electron chi connectivity index (χ3n) is 10.9. The third-order valence-corrected chi connectivity index (χ3v) is 10.9. The fourth-order valence-corrected chi connectivity index (χ4v) is 8.11. The van der Waals surface area contributed by atoms with Crippen LogP contribution in [0.15, 0.2) is 121 Å². The van der Waals surface area contributed by atoms with Crippen LogP contribution < -0.4 is 0 Å². The molecule has 0 aliphatic carbocycles. The first-order valence-electron chi connectivity index (χ1n) is 20.1. The quantitative estimate of drug-likeness (QED) is 0.132. The first kappa shape index (κ1) is 42.8. The monoisotopic (exact) mass is 762 g/mol. The highest BCUT2D eigenvalue weighted by atomic mass is 16.7. The van der Waals surface area contributed by atoms with Crippen molar-refractivity contribution < 1.29 is 28.7 Å². The molecule has 2 saturated heterocycles. The van der Waals surface area contributed by atoms with Crippen LogP contribution in [0.4, 0.5) is 0 Å². The maximum absolute atomic E-state index is 12.4. The SMILES string of the molecule is CC1(C)CCCC(C)(C)N1O[C@H](COC(=O)c1ccccc1)c1ccccc1.CC1(C)CCCC(C)(C)N1O[C@H](COC(=O)c1ccccc1)c1ccccc1. The number of hydroxylamine groups is 4. The topological polar surface area (TPSA) is 77.5 Å².